The summed E-state index contributed by atoms with van der Waals surface area (Å²) in [4.78, 5) is 64.1. The Morgan fingerprint density at radius 3 is 1.87 bits per heavy atom. The van der Waals surface area contributed by atoms with E-state index in [1.165, 1.54) is 11.1 Å². The van der Waals surface area contributed by atoms with Crippen LogP contribution in [0, 0.1) is 23.2 Å². The predicted octanol–water partition coefficient (Wildman–Crippen LogP) is 3.26. The maximum Gasteiger partial charge on any atom is 0.252 e. The maximum absolute atomic E-state index is 14.6. The second-order valence-electron chi connectivity index (χ2n) is 21.4. The van der Waals surface area contributed by atoms with Crippen molar-refractivity contribution in [1.29, 1.82) is 0 Å². The Balaban J connectivity index is 1.15. The van der Waals surface area contributed by atoms with Crippen LogP contribution in [0.2, 0.25) is 0 Å². The normalized spacial score (nSPS) is 27.5. The lowest BCUT2D eigenvalue weighted by Crippen LogP contribution is -2.63. The number of likely N-dealkylation sites (tertiary alicyclic amines) is 4. The van der Waals surface area contributed by atoms with E-state index in [1.54, 1.807) is 14.1 Å². The van der Waals surface area contributed by atoms with Crippen LogP contribution in [0.5, 0.6) is 0 Å². The van der Waals surface area contributed by atoms with Crippen LogP contribution in [0.15, 0.2) is 60.7 Å². The standard InChI is InChI=1S/C53H85N9O6/c1-36(2)45(57-48(63)38(5)55-8)50(65)61-26-22-41-30-42(32-59(34-44(41)61)24-20-39-16-12-10-13-17-39)67-28-29-68-43-31-52(6)23-27-62(51(66)46(37(3)4)58-49(64)47(54)56-9)53(52,7)35-60(33-43)25-21-40-18-14-11-15-19-40/h10-19,36-38,41-47,55-56H,20-35,54H2,1-9H3,(H,57,63)(H,58,64)/t38-,41+,42-,43-,44-,45+,46+,47-,52+,53-/m1/s1. The van der Waals surface area contributed by atoms with Crippen LogP contribution in [0.3, 0.4) is 0 Å². The Morgan fingerprint density at radius 2 is 1.28 bits per heavy atom. The molecule has 2 aromatic carbocycles. The summed E-state index contributed by atoms with van der Waals surface area (Å²) in [6.07, 6.45) is 4.12. The van der Waals surface area contributed by atoms with Gasteiger partial charge in [0.25, 0.3) is 5.91 Å². The molecular formula is C53H85N9O6. The van der Waals surface area contributed by atoms with E-state index in [2.05, 4.69) is 98.3 Å². The lowest BCUT2D eigenvalue weighted by Gasteiger charge is -2.47. The topological polar surface area (TPSA) is 174 Å². The summed E-state index contributed by atoms with van der Waals surface area (Å²) in [5.41, 5.74) is 7.80. The molecule has 68 heavy (non-hydrogen) atoms. The summed E-state index contributed by atoms with van der Waals surface area (Å²) < 4.78 is 13.7. The highest BCUT2D eigenvalue weighted by Gasteiger charge is 2.58. The monoisotopic (exact) mass is 944 g/mol. The fourth-order valence-electron chi connectivity index (χ4n) is 11.3. The first-order chi connectivity index (χ1) is 32.5. The number of likely N-dealkylation sites (N-methyl/N-ethyl adjacent to an activating group) is 2. The van der Waals surface area contributed by atoms with E-state index in [0.717, 1.165) is 71.2 Å². The van der Waals surface area contributed by atoms with Crippen molar-refractivity contribution in [2.45, 2.75) is 135 Å². The number of ether oxygens (including phenoxy) is 2. The lowest BCUT2D eigenvalue weighted by molar-refractivity contribution is -0.144. The smallest absolute Gasteiger partial charge is 0.252 e. The van der Waals surface area contributed by atoms with Gasteiger partial charge in [-0.2, -0.15) is 0 Å². The molecule has 4 aliphatic rings. The predicted molar refractivity (Wildman–Crippen MR) is 267 cm³/mol. The zero-order valence-electron chi connectivity index (χ0n) is 42.7. The van der Waals surface area contributed by atoms with Gasteiger partial charge in [-0.1, -0.05) is 95.3 Å². The van der Waals surface area contributed by atoms with E-state index >= 15 is 0 Å². The van der Waals surface area contributed by atoms with Crippen LogP contribution in [0.25, 0.3) is 0 Å². The summed E-state index contributed by atoms with van der Waals surface area (Å²) in [7, 11) is 3.38. The lowest BCUT2D eigenvalue weighted by atomic mass is 9.69. The van der Waals surface area contributed by atoms with Crippen molar-refractivity contribution in [3.63, 3.8) is 0 Å². The number of fused-ring (bicyclic) bond motifs is 2. The Kier molecular flexibility index (Phi) is 19.0. The molecule has 0 radical (unpaired) electrons. The van der Waals surface area contributed by atoms with Crippen LogP contribution in [-0.4, -0.2) is 171 Å². The Hall–Kier alpha value is -3.96. The molecule has 4 fully saturated rings. The highest BCUT2D eigenvalue weighted by atomic mass is 16.5. The van der Waals surface area contributed by atoms with Gasteiger partial charge in [-0.25, -0.2) is 0 Å². The first-order valence-electron chi connectivity index (χ1n) is 25.6. The van der Waals surface area contributed by atoms with Crippen molar-refractivity contribution < 1.29 is 28.7 Å². The molecule has 4 saturated heterocycles. The van der Waals surface area contributed by atoms with Crippen molar-refractivity contribution in [3.8, 4) is 0 Å². The van der Waals surface area contributed by atoms with E-state index < -0.39 is 35.7 Å². The quantitative estimate of drug-likeness (QED) is 0.0920. The molecule has 15 nitrogen and oxygen atoms in total. The van der Waals surface area contributed by atoms with Gasteiger partial charge >= 0.3 is 0 Å². The van der Waals surface area contributed by atoms with Crippen LogP contribution < -0.4 is 27.0 Å². The molecule has 0 spiro atoms. The van der Waals surface area contributed by atoms with Crippen molar-refractivity contribution >= 4 is 23.6 Å². The second-order valence-corrected chi connectivity index (χ2v) is 21.4. The van der Waals surface area contributed by atoms with Crippen molar-refractivity contribution in [2.24, 2.45) is 28.9 Å². The molecule has 0 unspecified atom stereocenters. The highest BCUT2D eigenvalue weighted by molar-refractivity contribution is 5.91. The van der Waals surface area contributed by atoms with Gasteiger partial charge < -0.3 is 41.0 Å². The third kappa shape index (κ3) is 13.1. The molecule has 10 atom stereocenters. The van der Waals surface area contributed by atoms with Gasteiger partial charge in [0, 0.05) is 58.4 Å². The number of hydrogen-bond acceptors (Lipinski definition) is 11. The van der Waals surface area contributed by atoms with Gasteiger partial charge in [0.15, 0.2) is 0 Å². The molecule has 0 saturated carbocycles. The first-order valence-corrected chi connectivity index (χ1v) is 25.6. The molecular weight excluding hydrogens is 859 g/mol. The molecule has 4 heterocycles. The molecule has 0 bridgehead atoms. The zero-order valence-corrected chi connectivity index (χ0v) is 42.7. The number of nitrogens with two attached hydrogens (primary N) is 1. The molecule has 378 valence electrons. The number of nitrogens with one attached hydrogen (secondary N) is 4. The molecule has 4 amide bonds. The van der Waals surface area contributed by atoms with E-state index in [-0.39, 0.29) is 59.1 Å². The molecule has 0 aromatic heterocycles. The maximum atomic E-state index is 14.6. The third-order valence-electron chi connectivity index (χ3n) is 16.0. The summed E-state index contributed by atoms with van der Waals surface area (Å²) in [6, 6.07) is 19.4. The molecule has 15 heteroatoms. The van der Waals surface area contributed by atoms with Crippen molar-refractivity contribution in [3.05, 3.63) is 71.8 Å². The number of benzene rings is 2. The first kappa shape index (κ1) is 53.4. The minimum Gasteiger partial charge on any atom is -0.374 e. The Morgan fingerprint density at radius 1 is 0.721 bits per heavy atom. The van der Waals surface area contributed by atoms with E-state index in [1.807, 2.05) is 51.7 Å². The molecule has 6 rings (SSSR count). The number of rotatable bonds is 21. The number of nitrogens with zero attached hydrogens (tertiary/aromatic N) is 4. The fourth-order valence-corrected chi connectivity index (χ4v) is 11.3. The summed E-state index contributed by atoms with van der Waals surface area (Å²) in [5.74, 6) is -0.535. The van der Waals surface area contributed by atoms with Gasteiger partial charge in [-0.05, 0) is 101 Å². The molecule has 6 N–H and O–H groups in total. The number of carbonyl (C=O) groups excluding carboxylic acids is 4. The van der Waals surface area contributed by atoms with E-state index in [0.29, 0.717) is 32.8 Å². The summed E-state index contributed by atoms with van der Waals surface area (Å²) in [5, 5.41) is 11.8. The van der Waals surface area contributed by atoms with Crippen molar-refractivity contribution in [1.82, 2.24) is 40.9 Å². The Bertz CT molecular complexity index is 1940. The van der Waals surface area contributed by atoms with Crippen LogP contribution in [0.1, 0.15) is 85.3 Å². The third-order valence-corrected chi connectivity index (χ3v) is 16.0. The average molecular weight is 944 g/mol. The summed E-state index contributed by atoms with van der Waals surface area (Å²) >= 11 is 0. The second kappa shape index (κ2) is 24.2. The molecule has 2 aromatic rings. The average Bonchev–Trinajstić information content (AvgIpc) is 3.72. The van der Waals surface area contributed by atoms with Gasteiger partial charge in [0.2, 0.25) is 17.7 Å². The van der Waals surface area contributed by atoms with Crippen LogP contribution in [-0.2, 0) is 41.5 Å². The molecule has 4 aliphatic heterocycles. The number of hydrogen-bond donors (Lipinski definition) is 5. The fraction of sp³-hybridized carbons (Fsp3) is 0.698. The van der Waals surface area contributed by atoms with Gasteiger partial charge in [0.1, 0.15) is 18.2 Å². The van der Waals surface area contributed by atoms with Gasteiger partial charge in [-0.15, -0.1) is 0 Å². The van der Waals surface area contributed by atoms with Crippen molar-refractivity contribution in [2.75, 3.05) is 79.7 Å². The number of amides is 4. The minimum absolute atomic E-state index is 0.00135. The highest BCUT2D eigenvalue weighted by Crippen LogP contribution is 2.51. The van der Waals surface area contributed by atoms with Gasteiger partial charge in [-0.3, -0.25) is 34.3 Å². The Labute approximate surface area is 407 Å². The van der Waals surface area contributed by atoms with E-state index in [4.69, 9.17) is 15.2 Å². The van der Waals surface area contributed by atoms with Crippen LogP contribution >= 0.6 is 0 Å². The zero-order chi connectivity index (χ0) is 49.2. The van der Waals surface area contributed by atoms with E-state index in [9.17, 15) is 19.2 Å². The SMILES string of the molecule is CN[C@@H](N)C(=O)N[C@H](C(=O)N1CC[C@@]2(C)C[C@@H](OCCO[C@@H]3C[C@@H]4CCN(C(=O)[C@@H](NC(=O)[C@@H](C)NC)C(C)C)[C@@H]4CN(CCc4ccccc4)C3)CN(CCc3ccccc3)C[C@@]12C)C(C)C. The minimum atomic E-state index is -0.907. The van der Waals surface area contributed by atoms with Crippen LogP contribution in [0.4, 0.5) is 0 Å². The number of carbonyl (C=O) groups is 4. The van der Waals surface area contributed by atoms with Gasteiger partial charge in [0.05, 0.1) is 37.0 Å². The molecule has 0 aliphatic carbocycles. The largest absolute Gasteiger partial charge is 0.374 e. The summed E-state index contributed by atoms with van der Waals surface area (Å²) in [6.45, 7) is 21.1.